The molecule has 0 aliphatic carbocycles. The first kappa shape index (κ1) is 24.4. The van der Waals surface area contributed by atoms with E-state index in [0.29, 0.717) is 16.7 Å². The molecule has 172 valence electrons. The summed E-state index contributed by atoms with van der Waals surface area (Å²) in [5.41, 5.74) is -0.880. The molecule has 33 heavy (non-hydrogen) atoms. The van der Waals surface area contributed by atoms with Gasteiger partial charge in [-0.15, -0.1) is 0 Å². The van der Waals surface area contributed by atoms with Crippen molar-refractivity contribution in [1.29, 1.82) is 0 Å². The van der Waals surface area contributed by atoms with Gasteiger partial charge in [0, 0.05) is 15.6 Å². The molecule has 0 unspecified atom stereocenters. The Hall–Kier alpha value is -3.23. The van der Waals surface area contributed by atoms with E-state index in [2.05, 4.69) is 5.32 Å². The fourth-order valence-electron chi connectivity index (χ4n) is 2.79. The Balaban J connectivity index is 1.64. The highest BCUT2D eigenvalue weighted by Crippen LogP contribution is 2.36. The second-order valence-electron chi connectivity index (χ2n) is 6.69. The highest BCUT2D eigenvalue weighted by Gasteiger charge is 2.34. The highest BCUT2D eigenvalue weighted by atomic mass is 35.5. The smallest absolute Gasteiger partial charge is 0.418 e. The number of esters is 1. The van der Waals surface area contributed by atoms with Crippen molar-refractivity contribution in [2.45, 2.75) is 12.8 Å². The van der Waals surface area contributed by atoms with Gasteiger partial charge in [0.25, 0.3) is 5.91 Å². The predicted octanol–water partition coefficient (Wildman–Crippen LogP) is 6.39. The van der Waals surface area contributed by atoms with Gasteiger partial charge in [-0.05, 0) is 36.4 Å². The molecule has 5 nitrogen and oxygen atoms in total. The fraction of sp³-hybridized carbons (Fsp3) is 0.130. The molecule has 1 N–H and O–H groups in total. The van der Waals surface area contributed by atoms with Crippen molar-refractivity contribution in [3.63, 3.8) is 0 Å². The summed E-state index contributed by atoms with van der Waals surface area (Å²) in [6.07, 6.45) is -4.73. The van der Waals surface area contributed by atoms with Crippen LogP contribution < -0.4 is 10.1 Å². The van der Waals surface area contributed by atoms with Crippen LogP contribution in [0.4, 0.5) is 18.9 Å². The number of rotatable bonds is 7. The average molecular weight is 498 g/mol. The number of benzene rings is 3. The normalized spacial score (nSPS) is 11.1. The molecule has 0 spiro atoms. The molecule has 3 rings (SSSR count). The monoisotopic (exact) mass is 497 g/mol. The van der Waals surface area contributed by atoms with Crippen LogP contribution in [0.5, 0.6) is 5.75 Å². The number of nitrogens with one attached hydrogen (secondary N) is 1. The number of carbonyl (C=O) groups excluding carboxylic acids is 2. The number of anilines is 1. The fourth-order valence-corrected chi connectivity index (χ4v) is 3.15. The minimum Gasteiger partial charge on any atom is -0.488 e. The lowest BCUT2D eigenvalue weighted by atomic mass is 10.1. The topological polar surface area (TPSA) is 64.6 Å². The zero-order valence-corrected chi connectivity index (χ0v) is 18.3. The third kappa shape index (κ3) is 6.63. The quantitative estimate of drug-likeness (QED) is 0.384. The SMILES string of the molecule is O=C(COC(=O)c1ccccc1OCc1ccccc1Cl)Nc1ccc(Cl)cc1C(F)(F)F. The lowest BCUT2D eigenvalue weighted by Gasteiger charge is -2.14. The van der Waals surface area contributed by atoms with Crippen LogP contribution in [0.1, 0.15) is 21.5 Å². The molecular weight excluding hydrogens is 482 g/mol. The molecule has 1 amide bonds. The Morgan fingerprint density at radius 1 is 0.939 bits per heavy atom. The summed E-state index contributed by atoms with van der Waals surface area (Å²) < 4.78 is 50.1. The summed E-state index contributed by atoms with van der Waals surface area (Å²) in [4.78, 5) is 24.6. The lowest BCUT2D eigenvalue weighted by Crippen LogP contribution is -2.23. The maximum atomic E-state index is 13.2. The summed E-state index contributed by atoms with van der Waals surface area (Å²) in [6.45, 7) is -0.723. The Morgan fingerprint density at radius 3 is 2.36 bits per heavy atom. The number of hydrogen-bond donors (Lipinski definition) is 1. The van der Waals surface area contributed by atoms with Crippen LogP contribution in [0.25, 0.3) is 0 Å². The third-order valence-corrected chi connectivity index (χ3v) is 4.95. The zero-order chi connectivity index (χ0) is 24.0. The minimum absolute atomic E-state index is 0.0415. The molecule has 0 bridgehead atoms. The van der Waals surface area contributed by atoms with E-state index >= 15 is 0 Å². The summed E-state index contributed by atoms with van der Waals surface area (Å²) in [5, 5.41) is 2.43. The Labute approximate surface area is 197 Å². The molecule has 10 heteroatoms. The van der Waals surface area contributed by atoms with Crippen LogP contribution in [-0.2, 0) is 22.3 Å². The van der Waals surface area contributed by atoms with E-state index in [0.717, 1.165) is 6.07 Å². The molecule has 0 fully saturated rings. The molecule has 0 aliphatic rings. The number of para-hydroxylation sites is 1. The number of carbonyl (C=O) groups is 2. The van der Waals surface area contributed by atoms with Gasteiger partial charge in [0.15, 0.2) is 6.61 Å². The summed E-state index contributed by atoms with van der Waals surface area (Å²) in [7, 11) is 0. The first-order valence-electron chi connectivity index (χ1n) is 9.44. The summed E-state index contributed by atoms with van der Waals surface area (Å²) in [6, 6.07) is 16.1. The van der Waals surface area contributed by atoms with Crippen molar-refractivity contribution < 1.29 is 32.2 Å². The first-order valence-corrected chi connectivity index (χ1v) is 10.2. The number of hydrogen-bond acceptors (Lipinski definition) is 4. The number of alkyl halides is 3. The molecule has 3 aromatic rings. The van der Waals surface area contributed by atoms with E-state index in [1.165, 1.54) is 18.2 Å². The van der Waals surface area contributed by atoms with Gasteiger partial charge in [-0.3, -0.25) is 4.79 Å². The molecule has 0 radical (unpaired) electrons. The van der Waals surface area contributed by atoms with Gasteiger partial charge in [0.1, 0.15) is 17.9 Å². The van der Waals surface area contributed by atoms with Crippen molar-refractivity contribution in [2.24, 2.45) is 0 Å². The molecule has 0 heterocycles. The van der Waals surface area contributed by atoms with Crippen LogP contribution in [0.15, 0.2) is 66.7 Å². The standard InChI is InChI=1S/C23H16Cl2F3NO4/c24-15-9-10-19(17(11-15)23(26,27)28)29-21(30)13-33-22(31)16-6-2-4-8-20(16)32-12-14-5-1-3-7-18(14)25/h1-11H,12-13H2,(H,29,30). The second-order valence-corrected chi connectivity index (χ2v) is 7.53. The van der Waals surface area contributed by atoms with Crippen LogP contribution in [0, 0.1) is 0 Å². The van der Waals surface area contributed by atoms with Crippen molar-refractivity contribution in [1.82, 2.24) is 0 Å². The minimum atomic E-state index is -4.73. The van der Waals surface area contributed by atoms with E-state index in [-0.39, 0.29) is 22.9 Å². The van der Waals surface area contributed by atoms with Crippen molar-refractivity contribution >= 4 is 40.8 Å². The maximum Gasteiger partial charge on any atom is 0.418 e. The van der Waals surface area contributed by atoms with Crippen LogP contribution in [-0.4, -0.2) is 18.5 Å². The number of halogens is 5. The highest BCUT2D eigenvalue weighted by molar-refractivity contribution is 6.31. The average Bonchev–Trinajstić information content (AvgIpc) is 2.77. The first-order chi connectivity index (χ1) is 15.6. The van der Waals surface area contributed by atoms with Gasteiger partial charge in [0.2, 0.25) is 0 Å². The summed E-state index contributed by atoms with van der Waals surface area (Å²) in [5.74, 6) is -1.64. The van der Waals surface area contributed by atoms with E-state index < -0.39 is 35.9 Å². The molecule has 0 aromatic heterocycles. The Bertz CT molecular complexity index is 1170. The van der Waals surface area contributed by atoms with Gasteiger partial charge < -0.3 is 14.8 Å². The van der Waals surface area contributed by atoms with Gasteiger partial charge >= 0.3 is 12.1 Å². The third-order valence-electron chi connectivity index (χ3n) is 4.34. The van der Waals surface area contributed by atoms with Crippen LogP contribution >= 0.6 is 23.2 Å². The summed E-state index contributed by atoms with van der Waals surface area (Å²) >= 11 is 11.7. The molecule has 0 saturated heterocycles. The van der Waals surface area contributed by atoms with Crippen LogP contribution in [0.3, 0.4) is 0 Å². The van der Waals surface area contributed by atoms with Crippen molar-refractivity contribution in [3.05, 3.63) is 93.5 Å². The molecular formula is C23H16Cl2F3NO4. The van der Waals surface area contributed by atoms with E-state index in [9.17, 15) is 22.8 Å². The van der Waals surface area contributed by atoms with E-state index in [1.54, 1.807) is 36.4 Å². The second kappa shape index (κ2) is 10.6. The van der Waals surface area contributed by atoms with Gasteiger partial charge in [-0.2, -0.15) is 13.2 Å². The van der Waals surface area contributed by atoms with E-state index in [4.69, 9.17) is 32.7 Å². The van der Waals surface area contributed by atoms with Gasteiger partial charge in [0.05, 0.1) is 11.3 Å². The van der Waals surface area contributed by atoms with E-state index in [1.807, 2.05) is 0 Å². The molecule has 3 aromatic carbocycles. The van der Waals surface area contributed by atoms with Gasteiger partial charge in [-0.1, -0.05) is 53.5 Å². The molecule has 0 saturated carbocycles. The predicted molar refractivity (Wildman–Crippen MR) is 118 cm³/mol. The number of amides is 1. The number of ether oxygens (including phenoxy) is 2. The largest absolute Gasteiger partial charge is 0.488 e. The Kier molecular flexibility index (Phi) is 7.84. The van der Waals surface area contributed by atoms with Crippen LogP contribution in [0.2, 0.25) is 10.0 Å². The van der Waals surface area contributed by atoms with Gasteiger partial charge in [-0.25, -0.2) is 4.79 Å². The molecule has 0 atom stereocenters. The lowest BCUT2D eigenvalue weighted by molar-refractivity contribution is -0.137. The van der Waals surface area contributed by atoms with Crippen molar-refractivity contribution in [2.75, 3.05) is 11.9 Å². The van der Waals surface area contributed by atoms with Crippen molar-refractivity contribution in [3.8, 4) is 5.75 Å². The Morgan fingerprint density at radius 2 is 1.64 bits per heavy atom. The molecule has 0 aliphatic heterocycles. The maximum absolute atomic E-state index is 13.2. The zero-order valence-electron chi connectivity index (χ0n) is 16.8.